The lowest BCUT2D eigenvalue weighted by Gasteiger charge is -2.19. The Morgan fingerprint density at radius 1 is 1.32 bits per heavy atom. The Morgan fingerprint density at radius 2 is 2.00 bits per heavy atom. The minimum absolute atomic E-state index is 0.0540. The number of hydrogen-bond acceptors (Lipinski definition) is 2. The van der Waals surface area contributed by atoms with Crippen molar-refractivity contribution in [1.29, 1.82) is 0 Å². The first-order valence-corrected chi connectivity index (χ1v) is 7.91. The molecule has 0 aliphatic carbocycles. The van der Waals surface area contributed by atoms with Crippen LogP contribution in [0.2, 0.25) is 5.02 Å². The Hall–Kier alpha value is -1.81. The zero-order chi connectivity index (χ0) is 16.3. The Kier molecular flexibility index (Phi) is 5.24. The van der Waals surface area contributed by atoms with Gasteiger partial charge in [-0.2, -0.15) is 5.10 Å². The third-order valence-electron chi connectivity index (χ3n) is 3.75. The topological polar surface area (TPSA) is 38.1 Å². The smallest absolute Gasteiger partial charge is 0.246 e. The molecule has 1 atom stereocenters. The van der Waals surface area contributed by atoms with E-state index in [0.717, 1.165) is 23.2 Å². The zero-order valence-corrected chi connectivity index (χ0v) is 14.3. The molecule has 5 heteroatoms. The minimum atomic E-state index is -0.281. The van der Waals surface area contributed by atoms with Gasteiger partial charge in [-0.05, 0) is 24.5 Å². The van der Waals surface area contributed by atoms with Crippen molar-refractivity contribution in [2.75, 3.05) is 14.1 Å². The molecule has 0 radical (unpaired) electrons. The molecule has 1 aromatic carbocycles. The first-order chi connectivity index (χ1) is 10.5. The lowest BCUT2D eigenvalue weighted by molar-refractivity contribution is -0.132. The minimum Gasteiger partial charge on any atom is -0.347 e. The molecular weight excluding hydrogens is 298 g/mol. The maximum absolute atomic E-state index is 12.3. The van der Waals surface area contributed by atoms with Crippen LogP contribution in [0.1, 0.15) is 31.9 Å². The van der Waals surface area contributed by atoms with Crippen molar-refractivity contribution in [3.63, 3.8) is 0 Å². The summed E-state index contributed by atoms with van der Waals surface area (Å²) in [6.45, 7) is 4.07. The van der Waals surface area contributed by atoms with E-state index in [9.17, 15) is 4.79 Å². The molecule has 2 aromatic rings. The fraction of sp³-hybridized carbons (Fsp3) is 0.412. The lowest BCUT2D eigenvalue weighted by atomic mass is 10.1. The predicted molar refractivity (Wildman–Crippen MR) is 90.1 cm³/mol. The van der Waals surface area contributed by atoms with Gasteiger partial charge in [-0.1, -0.05) is 43.6 Å². The summed E-state index contributed by atoms with van der Waals surface area (Å²) in [5.74, 6) is 0.0540. The monoisotopic (exact) mass is 319 g/mol. The van der Waals surface area contributed by atoms with Crippen LogP contribution in [-0.2, 0) is 11.2 Å². The van der Waals surface area contributed by atoms with Crippen molar-refractivity contribution in [2.45, 2.75) is 32.7 Å². The summed E-state index contributed by atoms with van der Waals surface area (Å²) < 4.78 is 1.78. The van der Waals surface area contributed by atoms with Gasteiger partial charge in [0, 0.05) is 25.9 Å². The van der Waals surface area contributed by atoms with Crippen LogP contribution in [0.25, 0.3) is 11.3 Å². The third kappa shape index (κ3) is 3.17. The first-order valence-electron chi connectivity index (χ1n) is 7.53. The van der Waals surface area contributed by atoms with Gasteiger partial charge in [0.2, 0.25) is 5.91 Å². The van der Waals surface area contributed by atoms with Gasteiger partial charge in [-0.3, -0.25) is 9.48 Å². The van der Waals surface area contributed by atoms with Gasteiger partial charge >= 0.3 is 0 Å². The number of carbonyl (C=O) groups is 1. The lowest BCUT2D eigenvalue weighted by Crippen LogP contribution is -2.31. The SMILES string of the molecule is CCc1cn(C(CC)C(=O)N(C)C)nc1-c1ccccc1Cl. The summed E-state index contributed by atoms with van der Waals surface area (Å²) in [5, 5.41) is 5.35. The second-order valence-electron chi connectivity index (χ2n) is 5.47. The van der Waals surface area contributed by atoms with E-state index < -0.39 is 0 Å². The van der Waals surface area contributed by atoms with Crippen LogP contribution in [0, 0.1) is 0 Å². The van der Waals surface area contributed by atoms with Crippen LogP contribution in [-0.4, -0.2) is 34.7 Å². The van der Waals surface area contributed by atoms with E-state index in [1.54, 1.807) is 23.7 Å². The van der Waals surface area contributed by atoms with Crippen molar-refractivity contribution < 1.29 is 4.79 Å². The summed E-state index contributed by atoms with van der Waals surface area (Å²) in [4.78, 5) is 13.9. The average molecular weight is 320 g/mol. The quantitative estimate of drug-likeness (QED) is 0.840. The van der Waals surface area contributed by atoms with E-state index in [1.807, 2.05) is 37.4 Å². The molecule has 118 valence electrons. The summed E-state index contributed by atoms with van der Waals surface area (Å²) >= 11 is 6.30. The number of carbonyl (C=O) groups excluding carboxylic acids is 1. The van der Waals surface area contributed by atoms with Gasteiger partial charge in [0.15, 0.2) is 0 Å². The second-order valence-corrected chi connectivity index (χ2v) is 5.88. The first kappa shape index (κ1) is 16.6. The number of hydrogen-bond donors (Lipinski definition) is 0. The Bertz CT molecular complexity index is 664. The highest BCUT2D eigenvalue weighted by Gasteiger charge is 2.23. The molecule has 0 N–H and O–H groups in total. The number of aryl methyl sites for hydroxylation is 1. The van der Waals surface area contributed by atoms with Gasteiger partial charge in [-0.15, -0.1) is 0 Å². The van der Waals surface area contributed by atoms with E-state index in [4.69, 9.17) is 11.6 Å². The number of amides is 1. The van der Waals surface area contributed by atoms with Crippen LogP contribution in [0.3, 0.4) is 0 Å². The molecule has 2 rings (SSSR count). The van der Waals surface area contributed by atoms with E-state index in [-0.39, 0.29) is 11.9 Å². The standard InChI is InChI=1S/C17H22ClN3O/c1-5-12-11-21(15(6-2)17(22)20(3)4)19-16(12)13-9-7-8-10-14(13)18/h7-11,15H,5-6H2,1-4H3. The maximum atomic E-state index is 12.3. The number of rotatable bonds is 5. The molecule has 1 amide bonds. The number of benzene rings is 1. The van der Waals surface area contributed by atoms with E-state index in [0.29, 0.717) is 11.4 Å². The summed E-state index contributed by atoms with van der Waals surface area (Å²) in [6.07, 6.45) is 3.51. The van der Waals surface area contributed by atoms with Crippen molar-refractivity contribution in [3.05, 3.63) is 41.0 Å². The van der Waals surface area contributed by atoms with Gasteiger partial charge in [0.1, 0.15) is 6.04 Å². The maximum Gasteiger partial charge on any atom is 0.246 e. The fourth-order valence-electron chi connectivity index (χ4n) is 2.50. The molecule has 22 heavy (non-hydrogen) atoms. The zero-order valence-electron chi connectivity index (χ0n) is 13.5. The molecular formula is C17H22ClN3O. The Morgan fingerprint density at radius 3 is 2.55 bits per heavy atom. The molecule has 0 saturated heterocycles. The molecule has 0 aliphatic heterocycles. The average Bonchev–Trinajstić information content (AvgIpc) is 2.92. The van der Waals surface area contributed by atoms with E-state index in [2.05, 4.69) is 12.0 Å². The number of halogens is 1. The summed E-state index contributed by atoms with van der Waals surface area (Å²) in [5.41, 5.74) is 2.86. The van der Waals surface area contributed by atoms with Crippen molar-refractivity contribution >= 4 is 17.5 Å². The predicted octanol–water partition coefficient (Wildman–Crippen LogP) is 3.81. The van der Waals surface area contributed by atoms with Crippen LogP contribution in [0.15, 0.2) is 30.5 Å². The molecule has 1 aromatic heterocycles. The molecule has 0 bridgehead atoms. The van der Waals surface area contributed by atoms with Crippen LogP contribution < -0.4 is 0 Å². The highest BCUT2D eigenvalue weighted by Crippen LogP contribution is 2.30. The van der Waals surface area contributed by atoms with Gasteiger partial charge in [-0.25, -0.2) is 0 Å². The van der Waals surface area contributed by atoms with E-state index in [1.165, 1.54) is 0 Å². The Labute approximate surface area is 136 Å². The number of likely N-dealkylation sites (N-methyl/N-ethyl adjacent to an activating group) is 1. The fourth-order valence-corrected chi connectivity index (χ4v) is 2.73. The Balaban J connectivity index is 2.49. The number of aromatic nitrogens is 2. The third-order valence-corrected chi connectivity index (χ3v) is 4.08. The summed E-state index contributed by atoms with van der Waals surface area (Å²) in [6, 6.07) is 7.39. The highest BCUT2D eigenvalue weighted by atomic mass is 35.5. The van der Waals surface area contributed by atoms with E-state index >= 15 is 0 Å². The highest BCUT2D eigenvalue weighted by molar-refractivity contribution is 6.33. The molecule has 0 aliphatic rings. The van der Waals surface area contributed by atoms with Gasteiger partial charge < -0.3 is 4.90 Å². The largest absolute Gasteiger partial charge is 0.347 e. The van der Waals surface area contributed by atoms with Crippen LogP contribution >= 0.6 is 11.6 Å². The van der Waals surface area contributed by atoms with Gasteiger partial charge in [0.05, 0.1) is 10.7 Å². The van der Waals surface area contributed by atoms with Crippen LogP contribution in [0.5, 0.6) is 0 Å². The molecule has 0 saturated carbocycles. The number of nitrogens with zero attached hydrogens (tertiary/aromatic N) is 3. The summed E-state index contributed by atoms with van der Waals surface area (Å²) in [7, 11) is 3.54. The molecule has 0 spiro atoms. The molecule has 1 unspecified atom stereocenters. The second kappa shape index (κ2) is 6.97. The molecule has 4 nitrogen and oxygen atoms in total. The molecule has 1 heterocycles. The van der Waals surface area contributed by atoms with Crippen LogP contribution in [0.4, 0.5) is 0 Å². The van der Waals surface area contributed by atoms with Crippen molar-refractivity contribution in [1.82, 2.24) is 14.7 Å². The normalized spacial score (nSPS) is 12.2. The van der Waals surface area contributed by atoms with Gasteiger partial charge in [0.25, 0.3) is 0 Å². The molecule has 0 fully saturated rings. The van der Waals surface area contributed by atoms with Crippen molar-refractivity contribution in [3.8, 4) is 11.3 Å². The van der Waals surface area contributed by atoms with Crippen molar-refractivity contribution in [2.24, 2.45) is 0 Å².